The quantitative estimate of drug-likeness (QED) is 0.747. The van der Waals surface area contributed by atoms with Gasteiger partial charge >= 0.3 is 5.97 Å². The number of ether oxygens (including phenoxy) is 1. The summed E-state index contributed by atoms with van der Waals surface area (Å²) in [6, 6.07) is 3.50. The molecule has 0 radical (unpaired) electrons. The normalized spacial score (nSPS) is 23.8. The van der Waals surface area contributed by atoms with Crippen molar-refractivity contribution in [2.45, 2.75) is 20.3 Å². The number of methoxy groups -OCH3 is 1. The minimum absolute atomic E-state index is 0.249. The number of anilines is 1. The lowest BCUT2D eigenvalue weighted by Gasteiger charge is -2.35. The van der Waals surface area contributed by atoms with Gasteiger partial charge in [-0.3, -0.25) is 0 Å². The van der Waals surface area contributed by atoms with Gasteiger partial charge in [0.15, 0.2) is 11.5 Å². The molecule has 5 heteroatoms. The number of rotatable bonds is 2. The first kappa shape index (κ1) is 12.8. The van der Waals surface area contributed by atoms with Crippen LogP contribution in [0.15, 0.2) is 12.1 Å². The first-order valence-electron chi connectivity index (χ1n) is 6.27. The topological polar surface area (TPSA) is 55.3 Å². The third-order valence-electron chi connectivity index (χ3n) is 3.24. The Bertz CT molecular complexity index is 409. The molecule has 0 N–H and O–H groups in total. The van der Waals surface area contributed by atoms with Gasteiger partial charge in [0.2, 0.25) is 0 Å². The highest BCUT2D eigenvalue weighted by Gasteiger charge is 2.23. The van der Waals surface area contributed by atoms with Crippen LogP contribution in [0.1, 0.15) is 30.8 Å². The molecule has 0 unspecified atom stereocenters. The smallest absolute Gasteiger partial charge is 0.358 e. The molecule has 98 valence electrons. The summed E-state index contributed by atoms with van der Waals surface area (Å²) >= 11 is 0. The van der Waals surface area contributed by atoms with E-state index in [1.807, 2.05) is 6.07 Å². The second kappa shape index (κ2) is 5.33. The molecule has 0 spiro atoms. The molecule has 2 rings (SSSR count). The second-order valence-corrected chi connectivity index (χ2v) is 5.12. The van der Waals surface area contributed by atoms with E-state index in [0.29, 0.717) is 11.8 Å². The molecule has 0 aliphatic carbocycles. The summed E-state index contributed by atoms with van der Waals surface area (Å²) in [6.45, 7) is 6.49. The number of carbonyl (C=O) groups is 1. The fourth-order valence-corrected chi connectivity index (χ4v) is 2.56. The molecule has 18 heavy (non-hydrogen) atoms. The molecule has 0 aromatic carbocycles. The zero-order valence-electron chi connectivity index (χ0n) is 11.1. The van der Waals surface area contributed by atoms with Crippen molar-refractivity contribution in [3.05, 3.63) is 17.8 Å². The predicted molar refractivity (Wildman–Crippen MR) is 68.5 cm³/mol. The first-order chi connectivity index (χ1) is 8.60. The Morgan fingerprint density at radius 2 is 1.94 bits per heavy atom. The Morgan fingerprint density at radius 3 is 2.44 bits per heavy atom. The Kier molecular flexibility index (Phi) is 3.79. The van der Waals surface area contributed by atoms with Gasteiger partial charge in [-0.15, -0.1) is 10.2 Å². The number of hydrogen-bond donors (Lipinski definition) is 0. The van der Waals surface area contributed by atoms with Gasteiger partial charge in [-0.2, -0.15) is 0 Å². The third kappa shape index (κ3) is 2.78. The van der Waals surface area contributed by atoms with Crippen molar-refractivity contribution in [2.24, 2.45) is 11.8 Å². The fraction of sp³-hybridized carbons (Fsp3) is 0.615. The molecule has 1 saturated heterocycles. The van der Waals surface area contributed by atoms with Gasteiger partial charge in [0, 0.05) is 13.1 Å². The van der Waals surface area contributed by atoms with Crippen molar-refractivity contribution in [2.75, 3.05) is 25.1 Å². The van der Waals surface area contributed by atoms with Crippen LogP contribution in [0.25, 0.3) is 0 Å². The second-order valence-electron chi connectivity index (χ2n) is 5.12. The zero-order valence-corrected chi connectivity index (χ0v) is 11.1. The average Bonchev–Trinajstić information content (AvgIpc) is 2.37. The van der Waals surface area contributed by atoms with Crippen molar-refractivity contribution < 1.29 is 9.53 Å². The van der Waals surface area contributed by atoms with E-state index in [4.69, 9.17) is 0 Å². The lowest BCUT2D eigenvalue weighted by molar-refractivity contribution is 0.0592. The van der Waals surface area contributed by atoms with Gasteiger partial charge < -0.3 is 9.64 Å². The SMILES string of the molecule is COC(=O)c1ccc(N2C[C@@H](C)C[C@H](C)C2)nn1. The number of aromatic nitrogens is 2. The summed E-state index contributed by atoms with van der Waals surface area (Å²) in [5.41, 5.74) is 0.249. The maximum Gasteiger partial charge on any atom is 0.358 e. The summed E-state index contributed by atoms with van der Waals surface area (Å²) in [6.07, 6.45) is 1.25. The first-order valence-corrected chi connectivity index (χ1v) is 6.27. The number of esters is 1. The molecule has 1 aromatic rings. The Hall–Kier alpha value is -1.65. The summed E-state index contributed by atoms with van der Waals surface area (Å²) in [5, 5.41) is 8.02. The third-order valence-corrected chi connectivity index (χ3v) is 3.24. The van der Waals surface area contributed by atoms with Crippen LogP contribution in [0.4, 0.5) is 5.82 Å². The molecule has 2 atom stereocenters. The summed E-state index contributed by atoms with van der Waals surface area (Å²) in [5.74, 6) is 1.71. The molecule has 1 aromatic heterocycles. The summed E-state index contributed by atoms with van der Waals surface area (Å²) in [7, 11) is 1.34. The lowest BCUT2D eigenvalue weighted by atomic mass is 9.92. The summed E-state index contributed by atoms with van der Waals surface area (Å²) < 4.78 is 4.60. The van der Waals surface area contributed by atoms with Crippen LogP contribution < -0.4 is 4.90 Å². The molecule has 1 aliphatic rings. The molecule has 1 fully saturated rings. The highest BCUT2D eigenvalue weighted by molar-refractivity contribution is 5.86. The minimum atomic E-state index is -0.450. The van der Waals surface area contributed by atoms with Gasteiger partial charge in [0.25, 0.3) is 0 Å². The number of piperidine rings is 1. The molecule has 5 nitrogen and oxygen atoms in total. The van der Waals surface area contributed by atoms with Crippen molar-refractivity contribution in [3.63, 3.8) is 0 Å². The summed E-state index contributed by atoms with van der Waals surface area (Å²) in [4.78, 5) is 13.5. The van der Waals surface area contributed by atoms with E-state index in [-0.39, 0.29) is 5.69 Å². The Labute approximate surface area is 107 Å². The van der Waals surface area contributed by atoms with E-state index >= 15 is 0 Å². The molecule has 1 aliphatic heterocycles. The largest absolute Gasteiger partial charge is 0.464 e. The van der Waals surface area contributed by atoms with Crippen LogP contribution in [0, 0.1) is 11.8 Å². The lowest BCUT2D eigenvalue weighted by Crippen LogP contribution is -2.39. The van der Waals surface area contributed by atoms with Crippen LogP contribution in [0.3, 0.4) is 0 Å². The number of nitrogens with zero attached hydrogens (tertiary/aromatic N) is 3. The van der Waals surface area contributed by atoms with Crippen LogP contribution in [-0.2, 0) is 4.74 Å². The van der Waals surface area contributed by atoms with Crippen molar-refractivity contribution >= 4 is 11.8 Å². The maximum absolute atomic E-state index is 11.3. The van der Waals surface area contributed by atoms with Crippen LogP contribution >= 0.6 is 0 Å². The van der Waals surface area contributed by atoms with Crippen LogP contribution in [-0.4, -0.2) is 36.4 Å². The van der Waals surface area contributed by atoms with Gasteiger partial charge in [-0.25, -0.2) is 4.79 Å². The van der Waals surface area contributed by atoms with E-state index in [9.17, 15) is 4.79 Å². The zero-order chi connectivity index (χ0) is 13.1. The van der Waals surface area contributed by atoms with Crippen molar-refractivity contribution in [1.82, 2.24) is 10.2 Å². The van der Waals surface area contributed by atoms with Crippen LogP contribution in [0.2, 0.25) is 0 Å². The molecule has 2 heterocycles. The van der Waals surface area contributed by atoms with Crippen molar-refractivity contribution in [1.29, 1.82) is 0 Å². The minimum Gasteiger partial charge on any atom is -0.464 e. The average molecular weight is 249 g/mol. The molecule has 0 amide bonds. The standard InChI is InChI=1S/C13H19N3O2/c1-9-6-10(2)8-16(7-9)12-5-4-11(14-15-12)13(17)18-3/h4-5,9-10H,6-8H2,1-3H3/t9-,10-/m0/s1. The van der Waals surface area contributed by atoms with E-state index in [1.165, 1.54) is 13.5 Å². The fourth-order valence-electron chi connectivity index (χ4n) is 2.56. The molecular formula is C13H19N3O2. The highest BCUT2D eigenvalue weighted by atomic mass is 16.5. The highest BCUT2D eigenvalue weighted by Crippen LogP contribution is 2.24. The van der Waals surface area contributed by atoms with E-state index in [0.717, 1.165) is 18.9 Å². The van der Waals surface area contributed by atoms with E-state index < -0.39 is 5.97 Å². The molecule has 0 bridgehead atoms. The van der Waals surface area contributed by atoms with Crippen molar-refractivity contribution in [3.8, 4) is 0 Å². The Balaban J connectivity index is 2.11. The van der Waals surface area contributed by atoms with Gasteiger partial charge in [0.1, 0.15) is 0 Å². The van der Waals surface area contributed by atoms with E-state index in [2.05, 4.69) is 33.7 Å². The maximum atomic E-state index is 11.3. The van der Waals surface area contributed by atoms with Gasteiger partial charge in [0.05, 0.1) is 7.11 Å². The van der Waals surface area contributed by atoms with Gasteiger partial charge in [-0.05, 0) is 30.4 Å². The van der Waals surface area contributed by atoms with Crippen LogP contribution in [0.5, 0.6) is 0 Å². The Morgan fingerprint density at radius 1 is 1.28 bits per heavy atom. The monoisotopic (exact) mass is 249 g/mol. The number of hydrogen-bond acceptors (Lipinski definition) is 5. The predicted octanol–water partition coefficient (Wildman–Crippen LogP) is 1.75. The van der Waals surface area contributed by atoms with E-state index in [1.54, 1.807) is 6.07 Å². The van der Waals surface area contributed by atoms with Gasteiger partial charge in [-0.1, -0.05) is 13.8 Å². The molecular weight excluding hydrogens is 230 g/mol. The number of carbonyl (C=O) groups excluding carboxylic acids is 1. The molecule has 0 saturated carbocycles.